The summed E-state index contributed by atoms with van der Waals surface area (Å²) in [5, 5.41) is 14.1. The fraction of sp³-hybridized carbons (Fsp3) is 0.409. The Labute approximate surface area is 165 Å². The summed E-state index contributed by atoms with van der Waals surface area (Å²) < 4.78 is 11.1. The van der Waals surface area contributed by atoms with Crippen molar-refractivity contribution in [3.05, 3.63) is 46.8 Å². The minimum Gasteiger partial charge on any atom is -0.496 e. The third-order valence-corrected chi connectivity index (χ3v) is 4.64. The van der Waals surface area contributed by atoms with Crippen LogP contribution in [0.1, 0.15) is 43.3 Å². The van der Waals surface area contributed by atoms with E-state index in [0.29, 0.717) is 18.1 Å². The lowest BCUT2D eigenvalue weighted by atomic mass is 9.98. The smallest absolute Gasteiger partial charge is 0.258 e. The number of pyridine rings is 1. The fourth-order valence-corrected chi connectivity index (χ4v) is 3.38. The van der Waals surface area contributed by atoms with E-state index in [1.807, 2.05) is 31.2 Å². The molecule has 6 heteroatoms. The number of rotatable bonds is 7. The second-order valence-corrected chi connectivity index (χ2v) is 7.00. The highest BCUT2D eigenvalue weighted by molar-refractivity contribution is 5.64. The molecule has 6 nitrogen and oxygen atoms in total. The van der Waals surface area contributed by atoms with E-state index in [-0.39, 0.29) is 0 Å². The van der Waals surface area contributed by atoms with Gasteiger partial charge >= 0.3 is 0 Å². The second kappa shape index (κ2) is 8.52. The Balaban J connectivity index is 2.04. The molecular weight excluding hydrogens is 354 g/mol. The number of hydrogen-bond donors (Lipinski definition) is 1. The van der Waals surface area contributed by atoms with Crippen molar-refractivity contribution in [2.24, 2.45) is 0 Å². The number of hydrogen-bond acceptors (Lipinski definition) is 6. The first-order valence-corrected chi connectivity index (χ1v) is 9.65. The Kier molecular flexibility index (Phi) is 6.09. The van der Waals surface area contributed by atoms with Gasteiger partial charge in [0.1, 0.15) is 5.75 Å². The molecule has 0 amide bonds. The van der Waals surface area contributed by atoms with Crippen LogP contribution in [0.4, 0.5) is 0 Å². The quantitative estimate of drug-likeness (QED) is 0.662. The number of benzene rings is 1. The molecule has 2 heterocycles. The Morgan fingerprint density at radius 2 is 1.79 bits per heavy atom. The standard InChI is InChI=1S/C22H27N3O3/c1-6-15-10-17(11-16(9-14(4)26)20(15)27-5)21-24-22(28-25-21)18-8-13(3)23-19(7-2)12-18/h8,10-12,14,26H,6-7,9H2,1-5H3/t14-/m0/s1. The van der Waals surface area contributed by atoms with Crippen LogP contribution in [0, 0.1) is 6.92 Å². The monoisotopic (exact) mass is 381 g/mol. The summed E-state index contributed by atoms with van der Waals surface area (Å²) in [5.74, 6) is 1.81. The van der Waals surface area contributed by atoms with Crippen LogP contribution in [0.3, 0.4) is 0 Å². The highest BCUT2D eigenvalue weighted by Gasteiger charge is 2.17. The maximum Gasteiger partial charge on any atom is 0.258 e. The first-order chi connectivity index (χ1) is 13.4. The molecule has 0 unspecified atom stereocenters. The number of aliphatic hydroxyl groups excluding tert-OH is 1. The van der Waals surface area contributed by atoms with Gasteiger partial charge in [0.15, 0.2) is 0 Å². The molecule has 3 aromatic rings. The van der Waals surface area contributed by atoms with E-state index in [0.717, 1.165) is 52.2 Å². The third kappa shape index (κ3) is 4.22. The molecule has 0 fully saturated rings. The molecular formula is C22H27N3O3. The van der Waals surface area contributed by atoms with Gasteiger partial charge in [-0.25, -0.2) is 0 Å². The van der Waals surface area contributed by atoms with E-state index >= 15 is 0 Å². The zero-order valence-corrected chi connectivity index (χ0v) is 17.1. The van der Waals surface area contributed by atoms with Crippen molar-refractivity contribution >= 4 is 0 Å². The Morgan fingerprint density at radius 3 is 2.43 bits per heavy atom. The zero-order chi connectivity index (χ0) is 20.3. The highest BCUT2D eigenvalue weighted by atomic mass is 16.5. The van der Waals surface area contributed by atoms with E-state index in [2.05, 4.69) is 29.0 Å². The van der Waals surface area contributed by atoms with Crippen LogP contribution in [0.5, 0.6) is 5.75 Å². The van der Waals surface area contributed by atoms with Crippen LogP contribution in [-0.4, -0.2) is 33.4 Å². The number of aliphatic hydroxyl groups is 1. The van der Waals surface area contributed by atoms with Crippen molar-refractivity contribution in [3.8, 4) is 28.6 Å². The molecule has 0 saturated carbocycles. The van der Waals surface area contributed by atoms with Gasteiger partial charge in [-0.05, 0) is 62.1 Å². The average molecular weight is 381 g/mol. The molecule has 0 spiro atoms. The maximum atomic E-state index is 9.87. The van der Waals surface area contributed by atoms with Gasteiger partial charge in [0.2, 0.25) is 5.82 Å². The molecule has 1 N–H and O–H groups in total. The topological polar surface area (TPSA) is 81.3 Å². The van der Waals surface area contributed by atoms with Gasteiger partial charge in [-0.15, -0.1) is 0 Å². The largest absolute Gasteiger partial charge is 0.496 e. The molecule has 0 saturated heterocycles. The molecule has 1 atom stereocenters. The normalized spacial score (nSPS) is 12.2. The van der Waals surface area contributed by atoms with Crippen molar-refractivity contribution in [2.75, 3.05) is 7.11 Å². The van der Waals surface area contributed by atoms with Crippen molar-refractivity contribution < 1.29 is 14.4 Å². The average Bonchev–Trinajstić information content (AvgIpc) is 3.16. The van der Waals surface area contributed by atoms with Crippen LogP contribution >= 0.6 is 0 Å². The van der Waals surface area contributed by atoms with E-state index in [4.69, 9.17) is 9.26 Å². The van der Waals surface area contributed by atoms with Gasteiger partial charge in [-0.1, -0.05) is 19.0 Å². The van der Waals surface area contributed by atoms with Gasteiger partial charge in [0.05, 0.1) is 13.2 Å². The van der Waals surface area contributed by atoms with E-state index in [1.165, 1.54) is 0 Å². The van der Waals surface area contributed by atoms with Gasteiger partial charge in [-0.2, -0.15) is 4.98 Å². The third-order valence-electron chi connectivity index (χ3n) is 4.64. The summed E-state index contributed by atoms with van der Waals surface area (Å²) in [7, 11) is 1.66. The number of nitrogens with zero attached hydrogens (tertiary/aromatic N) is 3. The Bertz CT molecular complexity index is 964. The first kappa shape index (κ1) is 20.0. The van der Waals surface area contributed by atoms with Crippen molar-refractivity contribution in [1.29, 1.82) is 0 Å². The lowest BCUT2D eigenvalue weighted by Crippen LogP contribution is -2.07. The number of aromatic nitrogens is 3. The van der Waals surface area contributed by atoms with Crippen LogP contribution in [0.15, 0.2) is 28.8 Å². The van der Waals surface area contributed by atoms with Gasteiger partial charge in [0, 0.05) is 28.9 Å². The summed E-state index contributed by atoms with van der Waals surface area (Å²) in [4.78, 5) is 9.11. The predicted octanol–water partition coefficient (Wildman–Crippen LogP) is 4.16. The van der Waals surface area contributed by atoms with Crippen molar-refractivity contribution in [2.45, 2.75) is 53.1 Å². The molecule has 2 aromatic heterocycles. The number of aryl methyl sites for hydroxylation is 3. The lowest BCUT2D eigenvalue weighted by molar-refractivity contribution is 0.194. The highest BCUT2D eigenvalue weighted by Crippen LogP contribution is 2.32. The molecule has 0 bridgehead atoms. The second-order valence-electron chi connectivity index (χ2n) is 7.00. The van der Waals surface area contributed by atoms with Gasteiger partial charge < -0.3 is 14.4 Å². The van der Waals surface area contributed by atoms with E-state index in [1.54, 1.807) is 14.0 Å². The Hall–Kier alpha value is -2.73. The number of methoxy groups -OCH3 is 1. The fourth-order valence-electron chi connectivity index (χ4n) is 3.38. The molecule has 0 aliphatic rings. The van der Waals surface area contributed by atoms with E-state index < -0.39 is 6.10 Å². The summed E-state index contributed by atoms with van der Waals surface area (Å²) in [6, 6.07) is 7.92. The van der Waals surface area contributed by atoms with Crippen LogP contribution < -0.4 is 4.74 Å². The van der Waals surface area contributed by atoms with Crippen molar-refractivity contribution in [3.63, 3.8) is 0 Å². The zero-order valence-electron chi connectivity index (χ0n) is 17.1. The number of ether oxygens (including phenoxy) is 1. The predicted molar refractivity (Wildman–Crippen MR) is 108 cm³/mol. The summed E-state index contributed by atoms with van der Waals surface area (Å²) in [6.07, 6.45) is 1.68. The summed E-state index contributed by atoms with van der Waals surface area (Å²) in [6.45, 7) is 7.86. The van der Waals surface area contributed by atoms with Crippen LogP contribution in [0.25, 0.3) is 22.8 Å². The molecule has 0 aliphatic heterocycles. The summed E-state index contributed by atoms with van der Waals surface area (Å²) >= 11 is 0. The minimum absolute atomic E-state index is 0.470. The Morgan fingerprint density at radius 1 is 1.04 bits per heavy atom. The van der Waals surface area contributed by atoms with Crippen LogP contribution in [0.2, 0.25) is 0 Å². The lowest BCUT2D eigenvalue weighted by Gasteiger charge is -2.15. The maximum absolute atomic E-state index is 9.87. The molecule has 0 radical (unpaired) electrons. The van der Waals surface area contributed by atoms with Gasteiger partial charge in [-0.3, -0.25) is 4.98 Å². The van der Waals surface area contributed by atoms with E-state index in [9.17, 15) is 5.11 Å². The van der Waals surface area contributed by atoms with Crippen LogP contribution in [-0.2, 0) is 19.3 Å². The molecule has 1 aromatic carbocycles. The van der Waals surface area contributed by atoms with Crippen molar-refractivity contribution in [1.82, 2.24) is 15.1 Å². The minimum atomic E-state index is -0.470. The van der Waals surface area contributed by atoms with Gasteiger partial charge in [0.25, 0.3) is 5.89 Å². The molecule has 148 valence electrons. The molecule has 28 heavy (non-hydrogen) atoms. The molecule has 0 aliphatic carbocycles. The first-order valence-electron chi connectivity index (χ1n) is 9.65. The summed E-state index contributed by atoms with van der Waals surface area (Å²) in [5.41, 5.74) is 5.63. The molecule has 3 rings (SSSR count). The SMILES string of the molecule is CCc1cc(-c2nc(-c3cc(CC)c(OC)c(C[C@H](C)O)c3)no2)cc(C)n1.